The van der Waals surface area contributed by atoms with Crippen molar-refractivity contribution in [3.8, 4) is 5.75 Å². The zero-order valence-corrected chi connectivity index (χ0v) is 12.6. The molecule has 0 fully saturated rings. The number of allylic oxidation sites excluding steroid dienone is 2. The highest BCUT2D eigenvalue weighted by Gasteiger charge is 2.39. The van der Waals surface area contributed by atoms with E-state index in [1.807, 2.05) is 0 Å². The quantitative estimate of drug-likeness (QED) is 0.748. The number of fused-ring (bicyclic) bond motifs is 4. The van der Waals surface area contributed by atoms with Gasteiger partial charge in [0.1, 0.15) is 5.75 Å². The molecular weight excluding hydrogens is 256 g/mol. The van der Waals surface area contributed by atoms with Crippen LogP contribution in [-0.2, 0) is 19.3 Å². The van der Waals surface area contributed by atoms with Crippen LogP contribution in [0.3, 0.4) is 0 Å². The van der Waals surface area contributed by atoms with Crippen LogP contribution in [0.5, 0.6) is 5.75 Å². The summed E-state index contributed by atoms with van der Waals surface area (Å²) in [5, 5.41) is 0. The Bertz CT molecular complexity index is 741. The Labute approximate surface area is 126 Å². The van der Waals surface area contributed by atoms with E-state index in [9.17, 15) is 0 Å². The van der Waals surface area contributed by atoms with Crippen LogP contribution in [0.1, 0.15) is 29.2 Å². The molecule has 0 amide bonds. The standard InChI is InChI=1S/C20H20O/c1-20-12-15-5-3-4-6-18(15)19(20)10-8-14-7-9-17(21-2)11-16(14)13-20/h3-7,9-11H,8,12-13H2,1-2H3. The maximum Gasteiger partial charge on any atom is 0.119 e. The molecule has 0 radical (unpaired) electrons. The highest BCUT2D eigenvalue weighted by atomic mass is 16.5. The van der Waals surface area contributed by atoms with Gasteiger partial charge in [-0.2, -0.15) is 0 Å². The van der Waals surface area contributed by atoms with Crippen molar-refractivity contribution in [3.63, 3.8) is 0 Å². The first kappa shape index (κ1) is 12.7. The van der Waals surface area contributed by atoms with Gasteiger partial charge in [0.2, 0.25) is 0 Å². The fraction of sp³-hybridized carbons (Fsp3) is 0.300. The summed E-state index contributed by atoms with van der Waals surface area (Å²) in [6.45, 7) is 2.41. The van der Waals surface area contributed by atoms with Crippen LogP contribution < -0.4 is 4.74 Å². The van der Waals surface area contributed by atoms with E-state index in [0.717, 1.165) is 25.0 Å². The van der Waals surface area contributed by atoms with Crippen molar-refractivity contribution in [2.75, 3.05) is 7.11 Å². The van der Waals surface area contributed by atoms with Crippen molar-refractivity contribution >= 4 is 5.57 Å². The third-order valence-electron chi connectivity index (χ3n) is 5.06. The Morgan fingerprint density at radius 2 is 1.76 bits per heavy atom. The Morgan fingerprint density at radius 1 is 0.952 bits per heavy atom. The molecule has 0 heterocycles. The largest absolute Gasteiger partial charge is 0.497 e. The van der Waals surface area contributed by atoms with Gasteiger partial charge in [0.05, 0.1) is 7.11 Å². The van der Waals surface area contributed by atoms with Crippen LogP contribution in [0.2, 0.25) is 0 Å². The Hall–Kier alpha value is -2.02. The summed E-state index contributed by atoms with van der Waals surface area (Å²) >= 11 is 0. The molecule has 0 saturated carbocycles. The topological polar surface area (TPSA) is 9.23 Å². The normalized spacial score (nSPS) is 22.7. The number of ether oxygens (including phenoxy) is 1. The summed E-state index contributed by atoms with van der Waals surface area (Å²) in [5.41, 5.74) is 7.60. The molecule has 0 N–H and O–H groups in total. The van der Waals surface area contributed by atoms with E-state index >= 15 is 0 Å². The maximum atomic E-state index is 5.41. The molecule has 106 valence electrons. The van der Waals surface area contributed by atoms with Gasteiger partial charge in [-0.25, -0.2) is 0 Å². The van der Waals surface area contributed by atoms with E-state index in [0.29, 0.717) is 0 Å². The van der Waals surface area contributed by atoms with Crippen LogP contribution in [0.25, 0.3) is 5.57 Å². The monoisotopic (exact) mass is 276 g/mol. The van der Waals surface area contributed by atoms with Crippen molar-refractivity contribution in [3.05, 3.63) is 70.8 Å². The van der Waals surface area contributed by atoms with E-state index in [1.54, 1.807) is 7.11 Å². The Balaban J connectivity index is 1.82. The van der Waals surface area contributed by atoms with E-state index in [4.69, 9.17) is 4.74 Å². The fourth-order valence-electron chi connectivity index (χ4n) is 4.02. The molecule has 4 rings (SSSR count). The molecule has 2 aromatic rings. The van der Waals surface area contributed by atoms with Gasteiger partial charge in [-0.05, 0) is 59.2 Å². The van der Waals surface area contributed by atoms with Gasteiger partial charge in [-0.3, -0.25) is 0 Å². The fourth-order valence-corrected chi connectivity index (χ4v) is 4.02. The third kappa shape index (κ3) is 1.91. The lowest BCUT2D eigenvalue weighted by atomic mass is 9.78. The highest BCUT2D eigenvalue weighted by Crippen LogP contribution is 2.50. The lowest BCUT2D eigenvalue weighted by Crippen LogP contribution is -2.18. The van der Waals surface area contributed by atoms with Crippen molar-refractivity contribution in [1.29, 1.82) is 0 Å². The zero-order valence-electron chi connectivity index (χ0n) is 12.6. The van der Waals surface area contributed by atoms with E-state index in [2.05, 4.69) is 55.5 Å². The lowest BCUT2D eigenvalue weighted by Gasteiger charge is -2.26. The van der Waals surface area contributed by atoms with Gasteiger partial charge in [-0.1, -0.05) is 43.3 Å². The van der Waals surface area contributed by atoms with Gasteiger partial charge >= 0.3 is 0 Å². The molecule has 0 saturated heterocycles. The minimum absolute atomic E-state index is 0.224. The van der Waals surface area contributed by atoms with Crippen molar-refractivity contribution in [1.82, 2.24) is 0 Å². The van der Waals surface area contributed by atoms with Crippen molar-refractivity contribution in [2.24, 2.45) is 5.41 Å². The number of rotatable bonds is 1. The van der Waals surface area contributed by atoms with Gasteiger partial charge < -0.3 is 4.74 Å². The van der Waals surface area contributed by atoms with Gasteiger partial charge in [0.25, 0.3) is 0 Å². The molecule has 21 heavy (non-hydrogen) atoms. The second-order valence-corrected chi connectivity index (χ2v) is 6.53. The second kappa shape index (κ2) is 4.49. The molecule has 0 bridgehead atoms. The molecule has 0 aromatic heterocycles. The van der Waals surface area contributed by atoms with Crippen LogP contribution in [-0.4, -0.2) is 7.11 Å². The molecule has 0 spiro atoms. The Morgan fingerprint density at radius 3 is 2.62 bits per heavy atom. The number of hydrogen-bond donors (Lipinski definition) is 0. The van der Waals surface area contributed by atoms with Gasteiger partial charge in [0.15, 0.2) is 0 Å². The minimum atomic E-state index is 0.224. The minimum Gasteiger partial charge on any atom is -0.497 e. The first-order chi connectivity index (χ1) is 10.2. The molecule has 2 aromatic carbocycles. The van der Waals surface area contributed by atoms with Crippen molar-refractivity contribution in [2.45, 2.75) is 26.2 Å². The summed E-state index contributed by atoms with van der Waals surface area (Å²) in [6, 6.07) is 15.4. The van der Waals surface area contributed by atoms with Crippen LogP contribution >= 0.6 is 0 Å². The van der Waals surface area contributed by atoms with E-state index in [1.165, 1.54) is 27.8 Å². The van der Waals surface area contributed by atoms with Crippen LogP contribution in [0, 0.1) is 5.41 Å². The molecular formula is C20H20O. The lowest BCUT2D eigenvalue weighted by molar-refractivity contribution is 0.412. The third-order valence-corrected chi connectivity index (χ3v) is 5.06. The number of hydrogen-bond acceptors (Lipinski definition) is 1. The molecule has 1 atom stereocenters. The highest BCUT2D eigenvalue weighted by molar-refractivity contribution is 5.78. The molecule has 2 aliphatic carbocycles. The summed E-state index contributed by atoms with van der Waals surface area (Å²) in [5.74, 6) is 0.969. The number of methoxy groups -OCH3 is 1. The molecule has 1 heteroatoms. The molecule has 1 nitrogen and oxygen atoms in total. The molecule has 1 unspecified atom stereocenters. The van der Waals surface area contributed by atoms with Crippen LogP contribution in [0.4, 0.5) is 0 Å². The van der Waals surface area contributed by atoms with Gasteiger partial charge in [-0.15, -0.1) is 0 Å². The summed E-state index contributed by atoms with van der Waals surface area (Å²) in [7, 11) is 1.75. The molecule has 2 aliphatic rings. The first-order valence-corrected chi connectivity index (χ1v) is 7.64. The average Bonchev–Trinajstić information content (AvgIpc) is 2.68. The molecule has 0 aliphatic heterocycles. The maximum absolute atomic E-state index is 5.41. The number of benzene rings is 2. The van der Waals surface area contributed by atoms with Crippen LogP contribution in [0.15, 0.2) is 48.5 Å². The first-order valence-electron chi connectivity index (χ1n) is 7.64. The predicted octanol–water partition coefficient (Wildman–Crippen LogP) is 4.44. The SMILES string of the molecule is COc1ccc2c(c1)CC1(C)Cc3ccccc3C1=CC2. The summed E-state index contributed by atoms with van der Waals surface area (Å²) in [6.07, 6.45) is 5.72. The predicted molar refractivity (Wildman–Crippen MR) is 86.6 cm³/mol. The van der Waals surface area contributed by atoms with E-state index < -0.39 is 0 Å². The second-order valence-electron chi connectivity index (χ2n) is 6.53. The van der Waals surface area contributed by atoms with E-state index in [-0.39, 0.29) is 5.41 Å². The zero-order chi connectivity index (χ0) is 14.4. The Kier molecular flexibility index (Phi) is 2.72. The summed E-state index contributed by atoms with van der Waals surface area (Å²) in [4.78, 5) is 0. The summed E-state index contributed by atoms with van der Waals surface area (Å²) < 4.78 is 5.41. The van der Waals surface area contributed by atoms with Crippen molar-refractivity contribution < 1.29 is 4.74 Å². The smallest absolute Gasteiger partial charge is 0.119 e. The average molecular weight is 276 g/mol. The van der Waals surface area contributed by atoms with Gasteiger partial charge in [0, 0.05) is 5.41 Å².